The van der Waals surface area contributed by atoms with Gasteiger partial charge < -0.3 is 50.1 Å². The minimum absolute atomic E-state index is 0.0356. The number of benzene rings is 1. The Morgan fingerprint density at radius 2 is 0.917 bits per heavy atom. The van der Waals surface area contributed by atoms with E-state index in [0.29, 0.717) is 70.9 Å². The molecule has 0 aliphatic carbocycles. The van der Waals surface area contributed by atoms with Gasteiger partial charge in [0.05, 0.1) is 46.2 Å². The summed E-state index contributed by atoms with van der Waals surface area (Å²) in [7, 11) is 0. The van der Waals surface area contributed by atoms with E-state index in [9.17, 15) is 28.2 Å². The second-order valence-electron chi connectivity index (χ2n) is 14.8. The summed E-state index contributed by atoms with van der Waals surface area (Å²) in [4.78, 5) is 59.0. The highest BCUT2D eigenvalue weighted by Crippen LogP contribution is 2.13. The van der Waals surface area contributed by atoms with Crippen LogP contribution in [-0.2, 0) is 67.1 Å². The summed E-state index contributed by atoms with van der Waals surface area (Å²) in [5.74, 6) is -0.0903. The fourth-order valence-electron chi connectivity index (χ4n) is 5.86. The first-order chi connectivity index (χ1) is 29.2. The zero-order chi connectivity index (χ0) is 43.7. The van der Waals surface area contributed by atoms with Crippen LogP contribution in [0.2, 0.25) is 0 Å². The van der Waals surface area contributed by atoms with Crippen molar-refractivity contribution in [2.45, 2.75) is 123 Å². The van der Waals surface area contributed by atoms with Gasteiger partial charge in [-0.25, -0.2) is 4.21 Å². The highest BCUT2D eigenvalue weighted by atomic mass is 32.2. The van der Waals surface area contributed by atoms with Crippen molar-refractivity contribution < 1.29 is 51.7 Å². The van der Waals surface area contributed by atoms with Crippen molar-refractivity contribution in [3.05, 3.63) is 35.4 Å². The molecule has 4 amide bonds. The highest BCUT2D eigenvalue weighted by Gasteiger charge is 2.06. The van der Waals surface area contributed by atoms with E-state index in [1.165, 1.54) is 51.9 Å². The molecule has 0 radical (unpaired) electrons. The van der Waals surface area contributed by atoms with Gasteiger partial charge in [-0.3, -0.25) is 24.0 Å². The van der Waals surface area contributed by atoms with Crippen LogP contribution in [-0.4, -0.2) is 123 Å². The van der Waals surface area contributed by atoms with Crippen LogP contribution in [0.1, 0.15) is 121 Å². The topological polar surface area (TPSA) is 220 Å². The quantitative estimate of drug-likeness (QED) is 0.0408. The number of hydrogen-bond acceptors (Lipinski definition) is 11. The molecule has 0 aromatic heterocycles. The Morgan fingerprint density at radius 1 is 0.500 bits per heavy atom. The molecule has 6 N–H and O–H groups in total. The molecule has 0 aliphatic rings. The predicted octanol–water partition coefficient (Wildman–Crippen LogP) is 3.86. The predicted molar refractivity (Wildman–Crippen MR) is 232 cm³/mol. The van der Waals surface area contributed by atoms with Crippen molar-refractivity contribution in [3.63, 3.8) is 0 Å². The van der Waals surface area contributed by atoms with E-state index in [0.717, 1.165) is 49.7 Å². The number of carbonyl (C=O) groups is 5. The molecule has 1 rings (SSSR count). The van der Waals surface area contributed by atoms with E-state index in [2.05, 4.69) is 26.6 Å². The molecule has 0 bridgehead atoms. The van der Waals surface area contributed by atoms with Crippen LogP contribution in [0.4, 0.5) is 0 Å². The average Bonchev–Trinajstić information content (AvgIpc) is 3.22. The van der Waals surface area contributed by atoms with E-state index >= 15 is 0 Å². The van der Waals surface area contributed by atoms with Crippen molar-refractivity contribution >= 4 is 40.5 Å². The molecule has 0 aliphatic heterocycles. The van der Waals surface area contributed by atoms with E-state index in [4.69, 9.17) is 23.5 Å². The number of ketones is 1. The number of nitrogens with one attached hydrogen (secondary N) is 5. The van der Waals surface area contributed by atoms with Gasteiger partial charge in [0.15, 0.2) is 11.1 Å². The van der Waals surface area contributed by atoms with E-state index in [-0.39, 0.29) is 75.7 Å². The summed E-state index contributed by atoms with van der Waals surface area (Å²) < 4.78 is 40.9. The summed E-state index contributed by atoms with van der Waals surface area (Å²) in [5, 5.41) is 14.2. The van der Waals surface area contributed by atoms with Gasteiger partial charge in [-0.2, -0.15) is 0 Å². The van der Waals surface area contributed by atoms with Crippen molar-refractivity contribution in [2.24, 2.45) is 0 Å². The summed E-state index contributed by atoms with van der Waals surface area (Å²) in [6, 6.07) is 7.75. The largest absolute Gasteiger partial charge is 0.377 e. The first kappa shape index (κ1) is 54.7. The van der Waals surface area contributed by atoms with Gasteiger partial charge in [-0.15, -0.1) is 0 Å². The Balaban J connectivity index is 1.81. The second kappa shape index (κ2) is 39.8. The molecule has 1 aromatic rings. The lowest BCUT2D eigenvalue weighted by Crippen LogP contribution is -2.31. The number of amides is 4. The SMILES string of the molecule is CC(=O)CNCc1ccc(CNC(=O)COCCOCCNC(=O)COCCOCCNC(=O)CCCNC(=O)CCCCCCCCCCCCCCCS(=O)O)cc1. The first-order valence-corrected chi connectivity index (χ1v) is 23.2. The normalized spacial score (nSPS) is 11.6. The van der Waals surface area contributed by atoms with Gasteiger partial charge in [-0.1, -0.05) is 94.9 Å². The maximum absolute atomic E-state index is 12.1. The molecular weight excluding hydrogens is 795 g/mol. The minimum Gasteiger partial charge on any atom is -0.377 e. The molecule has 0 saturated heterocycles. The molecule has 0 spiro atoms. The van der Waals surface area contributed by atoms with Gasteiger partial charge in [-0.05, 0) is 37.3 Å². The molecule has 60 heavy (non-hydrogen) atoms. The van der Waals surface area contributed by atoms with Crippen LogP contribution >= 0.6 is 0 Å². The first-order valence-electron chi connectivity index (χ1n) is 21.9. The molecule has 1 aromatic carbocycles. The Morgan fingerprint density at radius 3 is 1.43 bits per heavy atom. The third-order valence-electron chi connectivity index (χ3n) is 9.19. The van der Waals surface area contributed by atoms with Crippen molar-refractivity contribution in [3.8, 4) is 0 Å². The number of unbranched alkanes of at least 4 members (excludes halogenated alkanes) is 12. The summed E-state index contributed by atoms with van der Waals surface area (Å²) in [6.45, 7) is 5.46. The number of rotatable bonds is 42. The standard InChI is InChI=1S/C43H75N5O11S/c1-37(49)32-44-33-38-18-20-39(21-19-38)34-48-43(53)36-59-30-28-57-26-24-47-42(52)35-58-29-27-56-25-23-46-41(51)17-15-22-45-40(50)16-13-11-9-7-5-3-2-4-6-8-10-12-14-31-60(54)55/h18-21,44H,2-17,22-36H2,1H3,(H,45,50)(H,46,51)(H,47,52)(H,48,53)(H,54,55). The van der Waals surface area contributed by atoms with Crippen molar-refractivity contribution in [1.82, 2.24) is 26.6 Å². The summed E-state index contributed by atoms with van der Waals surface area (Å²) in [6.07, 6.45) is 16.2. The molecule has 16 nitrogen and oxygen atoms in total. The molecule has 0 fully saturated rings. The maximum atomic E-state index is 12.1. The fraction of sp³-hybridized carbons (Fsp3) is 0.744. The average molecular weight is 870 g/mol. The van der Waals surface area contributed by atoms with Gasteiger partial charge in [0.2, 0.25) is 23.6 Å². The van der Waals surface area contributed by atoms with Crippen molar-refractivity contribution in [2.75, 3.05) is 84.8 Å². The van der Waals surface area contributed by atoms with Crippen molar-refractivity contribution in [1.29, 1.82) is 0 Å². The molecular formula is C43H75N5O11S. The zero-order valence-corrected chi connectivity index (χ0v) is 37.0. The zero-order valence-electron chi connectivity index (χ0n) is 36.2. The van der Waals surface area contributed by atoms with Gasteiger partial charge in [0.1, 0.15) is 19.0 Å². The number of hydrogen-bond donors (Lipinski definition) is 6. The van der Waals surface area contributed by atoms with Gasteiger partial charge in [0, 0.05) is 51.3 Å². The maximum Gasteiger partial charge on any atom is 0.246 e. The van der Waals surface area contributed by atoms with Crippen LogP contribution in [0.25, 0.3) is 0 Å². The van der Waals surface area contributed by atoms with E-state index in [1.54, 1.807) is 0 Å². The smallest absolute Gasteiger partial charge is 0.246 e. The summed E-state index contributed by atoms with van der Waals surface area (Å²) in [5.41, 5.74) is 2.01. The number of ether oxygens (including phenoxy) is 4. The third-order valence-corrected chi connectivity index (χ3v) is 9.83. The van der Waals surface area contributed by atoms with Crippen LogP contribution in [0, 0.1) is 0 Å². The Labute approximate surface area is 360 Å². The lowest BCUT2D eigenvalue weighted by atomic mass is 10.0. The molecule has 0 saturated carbocycles. The van der Waals surface area contributed by atoms with E-state index in [1.807, 2.05) is 24.3 Å². The summed E-state index contributed by atoms with van der Waals surface area (Å²) >= 11 is -1.65. The molecule has 1 unspecified atom stereocenters. The van der Waals surface area contributed by atoms with Crippen LogP contribution in [0.15, 0.2) is 24.3 Å². The van der Waals surface area contributed by atoms with Gasteiger partial charge >= 0.3 is 0 Å². The Bertz CT molecular complexity index is 1310. The molecule has 1 atom stereocenters. The fourth-order valence-corrected chi connectivity index (χ4v) is 6.32. The molecule has 344 valence electrons. The minimum atomic E-state index is -1.65. The van der Waals surface area contributed by atoms with Crippen LogP contribution in [0.3, 0.4) is 0 Å². The van der Waals surface area contributed by atoms with Gasteiger partial charge in [0.25, 0.3) is 0 Å². The Kier molecular flexibility index (Phi) is 36.3. The van der Waals surface area contributed by atoms with Crippen LogP contribution in [0.5, 0.6) is 0 Å². The monoisotopic (exact) mass is 870 g/mol. The number of carbonyl (C=O) groups excluding carboxylic acids is 5. The third kappa shape index (κ3) is 37.7. The highest BCUT2D eigenvalue weighted by molar-refractivity contribution is 7.79. The second-order valence-corrected chi connectivity index (χ2v) is 15.8. The Hall–Kier alpha value is -3.32. The number of Topliss-reactive ketones (excluding diaryl/α,β-unsaturated/α-hetero) is 1. The lowest BCUT2D eigenvalue weighted by molar-refractivity contribution is -0.127. The molecule has 0 heterocycles. The lowest BCUT2D eigenvalue weighted by Gasteiger charge is -2.09. The van der Waals surface area contributed by atoms with E-state index < -0.39 is 11.1 Å². The van der Waals surface area contributed by atoms with Crippen LogP contribution < -0.4 is 26.6 Å². The molecule has 17 heteroatoms.